The van der Waals surface area contributed by atoms with Gasteiger partial charge in [-0.1, -0.05) is 18.2 Å². The number of nitrogens with two attached hydrogens (primary N) is 3. The minimum absolute atomic E-state index is 0.0192. The van der Waals surface area contributed by atoms with Crippen LogP contribution < -0.4 is 33.2 Å². The smallest absolute Gasteiger partial charge is 0.326 e. The Morgan fingerprint density at radius 3 is 2.37 bits per heavy atom. The Labute approximate surface area is 246 Å². The number of carboxylic acid groups (broad SMARTS) is 1. The van der Waals surface area contributed by atoms with Gasteiger partial charge in [-0.05, 0) is 37.8 Å². The van der Waals surface area contributed by atoms with E-state index in [-0.39, 0.29) is 38.2 Å². The van der Waals surface area contributed by atoms with Crippen molar-refractivity contribution >= 4 is 40.6 Å². The molecule has 16 heteroatoms. The number of carbonyl (C=O) groups excluding carboxylic acids is 3. The molecule has 3 amide bonds. The van der Waals surface area contributed by atoms with Crippen LogP contribution in [0.25, 0.3) is 10.9 Å². The van der Waals surface area contributed by atoms with Crippen molar-refractivity contribution in [3.63, 3.8) is 0 Å². The third kappa shape index (κ3) is 9.54. The molecule has 0 saturated heterocycles. The summed E-state index contributed by atoms with van der Waals surface area (Å²) >= 11 is 0. The number of rotatable bonds is 16. The molecule has 16 nitrogen and oxygen atoms in total. The summed E-state index contributed by atoms with van der Waals surface area (Å²) in [7, 11) is 0. The van der Waals surface area contributed by atoms with Crippen molar-refractivity contribution < 1.29 is 29.4 Å². The number of aliphatic hydroxyl groups is 1. The van der Waals surface area contributed by atoms with Crippen LogP contribution >= 0.6 is 0 Å². The Morgan fingerprint density at radius 1 is 1.00 bits per heavy atom. The third-order valence-electron chi connectivity index (χ3n) is 6.69. The molecule has 3 aromatic rings. The number of guanidine groups is 1. The molecule has 0 bridgehead atoms. The van der Waals surface area contributed by atoms with E-state index in [0.717, 1.165) is 16.5 Å². The van der Waals surface area contributed by atoms with Crippen LogP contribution in [-0.4, -0.2) is 91.6 Å². The number of nitrogens with one attached hydrogen (secondary N) is 5. The SMILES string of the molecule is CC(O)C(NC(=O)C(N)Cc1c[nH]c2ccccc12)C(=O)NC(CCCN=C(N)N)C(=O)NC(Cc1cnc[nH]1)C(=O)O. The molecule has 0 aliphatic carbocycles. The highest BCUT2D eigenvalue weighted by molar-refractivity contribution is 5.94. The number of hydrogen-bond acceptors (Lipinski definition) is 8. The minimum atomic E-state index is -1.46. The van der Waals surface area contributed by atoms with E-state index >= 15 is 0 Å². The van der Waals surface area contributed by atoms with Crippen LogP contribution in [0.4, 0.5) is 0 Å². The largest absolute Gasteiger partial charge is 0.480 e. The second-order valence-corrected chi connectivity index (χ2v) is 10.1. The van der Waals surface area contributed by atoms with Crippen LogP contribution in [0, 0.1) is 0 Å². The Morgan fingerprint density at radius 2 is 1.72 bits per heavy atom. The Balaban J connectivity index is 1.69. The van der Waals surface area contributed by atoms with Gasteiger partial charge in [-0.25, -0.2) is 9.78 Å². The molecular weight excluding hydrogens is 560 g/mol. The van der Waals surface area contributed by atoms with E-state index in [1.165, 1.54) is 19.4 Å². The van der Waals surface area contributed by atoms with Crippen LogP contribution in [-0.2, 0) is 32.0 Å². The van der Waals surface area contributed by atoms with Crippen molar-refractivity contribution in [3.8, 4) is 0 Å². The number of para-hydroxylation sites is 1. The molecule has 1 aromatic carbocycles. The standard InChI is InChI=1S/C27H38N10O6/c1-14(38)22(37-23(39)18(28)9-15-11-33-19-6-3-2-5-17(15)19)25(41)35-20(7-4-8-32-27(29)30)24(40)36-21(26(42)43)10-16-12-31-13-34-16/h2-3,5-6,11-14,18,20-22,33,38H,4,7-10,28H2,1H3,(H,31,34)(H,35,41)(H,36,40)(H,37,39)(H,42,43)(H4,29,30,32). The van der Waals surface area contributed by atoms with Gasteiger partial charge in [0, 0.05) is 42.0 Å². The van der Waals surface area contributed by atoms with Gasteiger partial charge in [0.05, 0.1) is 18.5 Å². The lowest BCUT2D eigenvalue weighted by molar-refractivity contribution is -0.142. The molecule has 3 rings (SSSR count). The van der Waals surface area contributed by atoms with E-state index in [4.69, 9.17) is 17.2 Å². The highest BCUT2D eigenvalue weighted by Gasteiger charge is 2.32. The molecule has 2 aromatic heterocycles. The number of aromatic nitrogens is 3. The molecule has 5 unspecified atom stereocenters. The van der Waals surface area contributed by atoms with Crippen molar-refractivity contribution in [2.45, 2.75) is 62.9 Å². The number of benzene rings is 1. The molecule has 2 heterocycles. The number of aliphatic hydroxyl groups excluding tert-OH is 1. The highest BCUT2D eigenvalue weighted by Crippen LogP contribution is 2.19. The predicted octanol–water partition coefficient (Wildman–Crippen LogP) is -2.02. The quantitative estimate of drug-likeness (QED) is 0.0490. The summed E-state index contributed by atoms with van der Waals surface area (Å²) < 4.78 is 0. The lowest BCUT2D eigenvalue weighted by atomic mass is 10.0. The molecule has 13 N–H and O–H groups in total. The number of fused-ring (bicyclic) bond motifs is 1. The summed E-state index contributed by atoms with van der Waals surface area (Å²) in [5, 5.41) is 28.3. The summed E-state index contributed by atoms with van der Waals surface area (Å²) in [5.41, 5.74) is 19.0. The Hall–Kier alpha value is -4.96. The van der Waals surface area contributed by atoms with Gasteiger partial charge in [0.15, 0.2) is 5.96 Å². The summed E-state index contributed by atoms with van der Waals surface area (Å²) in [6.45, 7) is 1.44. The van der Waals surface area contributed by atoms with Gasteiger partial charge in [0.25, 0.3) is 0 Å². The van der Waals surface area contributed by atoms with Crippen molar-refractivity contribution in [1.29, 1.82) is 0 Å². The number of hydrogen-bond donors (Lipinski definition) is 10. The third-order valence-corrected chi connectivity index (χ3v) is 6.69. The van der Waals surface area contributed by atoms with Crippen molar-refractivity contribution in [1.82, 2.24) is 30.9 Å². The van der Waals surface area contributed by atoms with E-state index < -0.39 is 54.0 Å². The van der Waals surface area contributed by atoms with Crippen molar-refractivity contribution in [3.05, 3.63) is 54.2 Å². The average Bonchev–Trinajstić information content (AvgIpc) is 3.62. The predicted molar refractivity (Wildman–Crippen MR) is 157 cm³/mol. The molecule has 5 atom stereocenters. The molecule has 0 aliphatic heterocycles. The first-order valence-corrected chi connectivity index (χ1v) is 13.6. The molecule has 0 fully saturated rings. The number of carbonyl (C=O) groups is 4. The maximum Gasteiger partial charge on any atom is 0.326 e. The van der Waals surface area contributed by atoms with Gasteiger partial charge in [-0.2, -0.15) is 0 Å². The van der Waals surface area contributed by atoms with E-state index in [0.29, 0.717) is 5.69 Å². The zero-order valence-corrected chi connectivity index (χ0v) is 23.6. The number of amides is 3. The lowest BCUT2D eigenvalue weighted by Crippen LogP contribution is -2.60. The van der Waals surface area contributed by atoms with Gasteiger partial charge in [-0.15, -0.1) is 0 Å². The van der Waals surface area contributed by atoms with Gasteiger partial charge in [0.2, 0.25) is 17.7 Å². The number of nitrogens with zero attached hydrogens (tertiary/aromatic N) is 2. The maximum atomic E-state index is 13.3. The maximum absolute atomic E-state index is 13.3. The number of carboxylic acids is 1. The first kappa shape index (κ1) is 32.6. The summed E-state index contributed by atoms with van der Waals surface area (Å²) in [6, 6.07) is 2.41. The van der Waals surface area contributed by atoms with E-state index in [1.54, 1.807) is 6.20 Å². The number of H-pyrrole nitrogens is 2. The fourth-order valence-electron chi connectivity index (χ4n) is 4.42. The van der Waals surface area contributed by atoms with Crippen LogP contribution in [0.3, 0.4) is 0 Å². The van der Waals surface area contributed by atoms with Crippen LogP contribution in [0.5, 0.6) is 0 Å². The molecule has 0 saturated carbocycles. The molecule has 0 spiro atoms. The van der Waals surface area contributed by atoms with Crippen LogP contribution in [0.1, 0.15) is 31.0 Å². The zero-order chi connectivity index (χ0) is 31.5. The first-order chi connectivity index (χ1) is 20.5. The second kappa shape index (κ2) is 15.3. The van der Waals surface area contributed by atoms with Gasteiger partial charge in [-0.3, -0.25) is 19.4 Å². The summed E-state index contributed by atoms with van der Waals surface area (Å²) in [5.74, 6) is -3.81. The zero-order valence-electron chi connectivity index (χ0n) is 23.6. The number of aliphatic imine (C=N–C) groups is 1. The first-order valence-electron chi connectivity index (χ1n) is 13.6. The van der Waals surface area contributed by atoms with E-state index in [9.17, 15) is 29.4 Å². The molecule has 43 heavy (non-hydrogen) atoms. The summed E-state index contributed by atoms with van der Waals surface area (Å²) in [4.78, 5) is 64.8. The number of aromatic amines is 2. The van der Waals surface area contributed by atoms with Crippen molar-refractivity contribution in [2.24, 2.45) is 22.2 Å². The fourth-order valence-corrected chi connectivity index (χ4v) is 4.42. The lowest BCUT2D eigenvalue weighted by Gasteiger charge is -2.26. The highest BCUT2D eigenvalue weighted by atomic mass is 16.4. The monoisotopic (exact) mass is 598 g/mol. The van der Waals surface area contributed by atoms with E-state index in [1.807, 2.05) is 24.3 Å². The van der Waals surface area contributed by atoms with Crippen LogP contribution in [0.2, 0.25) is 0 Å². The summed E-state index contributed by atoms with van der Waals surface area (Å²) in [6.07, 6.45) is 3.53. The van der Waals surface area contributed by atoms with Gasteiger partial charge in [0.1, 0.15) is 18.1 Å². The fraction of sp³-hybridized carbons (Fsp3) is 0.407. The van der Waals surface area contributed by atoms with Gasteiger partial charge >= 0.3 is 5.97 Å². The molecular formula is C27H38N10O6. The van der Waals surface area contributed by atoms with Gasteiger partial charge < -0.3 is 53.3 Å². The Kier molecular flexibility index (Phi) is 11.6. The normalized spacial score (nSPS) is 14.6. The minimum Gasteiger partial charge on any atom is -0.480 e. The molecule has 0 radical (unpaired) electrons. The molecule has 232 valence electrons. The Bertz CT molecular complexity index is 1420. The second-order valence-electron chi connectivity index (χ2n) is 10.1. The topological polar surface area (TPSA) is 280 Å². The van der Waals surface area contributed by atoms with Crippen LogP contribution in [0.15, 0.2) is 48.0 Å². The molecule has 0 aliphatic rings. The average molecular weight is 599 g/mol. The number of imidazole rings is 1. The van der Waals surface area contributed by atoms with E-state index in [2.05, 4.69) is 35.9 Å². The van der Waals surface area contributed by atoms with Crippen molar-refractivity contribution in [2.75, 3.05) is 6.54 Å². The number of aliphatic carboxylic acids is 1.